The van der Waals surface area contributed by atoms with Crippen molar-refractivity contribution in [3.05, 3.63) is 29.8 Å². The molecule has 8 nitrogen and oxygen atoms in total. The molecule has 0 fully saturated rings. The molecule has 0 bridgehead atoms. The highest BCUT2D eigenvalue weighted by Gasteiger charge is 2.07. The molecule has 21 heavy (non-hydrogen) atoms. The molecule has 0 aliphatic heterocycles. The summed E-state index contributed by atoms with van der Waals surface area (Å²) in [6, 6.07) is 6.22. The van der Waals surface area contributed by atoms with Crippen LogP contribution in [0.25, 0.3) is 0 Å². The minimum absolute atomic E-state index is 0.131. The third kappa shape index (κ3) is 6.02. The molecule has 1 aromatic carbocycles. The van der Waals surface area contributed by atoms with E-state index in [2.05, 4.69) is 16.0 Å². The fraction of sp³-hybridized carbons (Fsp3) is 0.308. The van der Waals surface area contributed by atoms with Crippen LogP contribution in [-0.4, -0.2) is 49.1 Å². The fourth-order valence-electron chi connectivity index (χ4n) is 1.43. The van der Waals surface area contributed by atoms with Crippen molar-refractivity contribution in [3.8, 4) is 0 Å². The lowest BCUT2D eigenvalue weighted by Gasteiger charge is -2.07. The van der Waals surface area contributed by atoms with E-state index >= 15 is 0 Å². The Morgan fingerprint density at radius 3 is 2.29 bits per heavy atom. The van der Waals surface area contributed by atoms with Gasteiger partial charge in [-0.1, -0.05) is 0 Å². The number of aliphatic hydroxyl groups excluding tert-OH is 1. The molecule has 0 saturated heterocycles. The second-order valence-corrected chi connectivity index (χ2v) is 4.09. The Morgan fingerprint density at radius 2 is 1.71 bits per heavy atom. The smallest absolute Gasteiger partial charge is 0.251 e. The highest BCUT2D eigenvalue weighted by molar-refractivity contribution is 5.97. The molecule has 0 aliphatic carbocycles. The number of rotatable bonds is 7. The monoisotopic (exact) mass is 294 g/mol. The first kappa shape index (κ1) is 16.6. The van der Waals surface area contributed by atoms with Gasteiger partial charge in [0.05, 0.1) is 19.7 Å². The molecule has 0 aliphatic rings. The number of hydrogen-bond donors (Lipinski definition) is 5. The van der Waals surface area contributed by atoms with E-state index in [9.17, 15) is 14.4 Å². The first-order valence-corrected chi connectivity index (χ1v) is 6.32. The van der Waals surface area contributed by atoms with Crippen LogP contribution in [-0.2, 0) is 9.59 Å². The van der Waals surface area contributed by atoms with Crippen LogP contribution in [0.3, 0.4) is 0 Å². The number of carbonyl (C=O) groups excluding carboxylic acids is 3. The number of amides is 3. The third-order valence-electron chi connectivity index (χ3n) is 2.46. The molecule has 0 saturated carbocycles. The van der Waals surface area contributed by atoms with Gasteiger partial charge in [0.15, 0.2) is 0 Å². The van der Waals surface area contributed by atoms with Crippen molar-refractivity contribution in [1.29, 1.82) is 0 Å². The number of nitrogens with one attached hydrogen (secondary N) is 3. The maximum atomic E-state index is 11.6. The zero-order chi connectivity index (χ0) is 15.7. The molecular formula is C13H18N4O4. The quantitative estimate of drug-likeness (QED) is 0.414. The normalized spacial score (nSPS) is 9.81. The lowest BCUT2D eigenvalue weighted by atomic mass is 10.2. The maximum Gasteiger partial charge on any atom is 0.251 e. The van der Waals surface area contributed by atoms with E-state index in [0.29, 0.717) is 11.3 Å². The zero-order valence-electron chi connectivity index (χ0n) is 11.4. The Morgan fingerprint density at radius 1 is 1.05 bits per heavy atom. The number of anilines is 1. The summed E-state index contributed by atoms with van der Waals surface area (Å²) in [6.07, 6.45) is 0. The van der Waals surface area contributed by atoms with Gasteiger partial charge in [0.2, 0.25) is 11.8 Å². The van der Waals surface area contributed by atoms with Crippen LogP contribution >= 0.6 is 0 Å². The minimum Gasteiger partial charge on any atom is -0.395 e. The van der Waals surface area contributed by atoms with Gasteiger partial charge in [-0.05, 0) is 24.3 Å². The van der Waals surface area contributed by atoms with Crippen LogP contribution in [0.15, 0.2) is 24.3 Å². The third-order valence-corrected chi connectivity index (χ3v) is 2.46. The Labute approximate surface area is 121 Å². The van der Waals surface area contributed by atoms with Crippen LogP contribution < -0.4 is 21.7 Å². The Hall–Kier alpha value is -2.45. The second-order valence-electron chi connectivity index (χ2n) is 4.09. The molecule has 0 radical (unpaired) electrons. The predicted octanol–water partition coefficient (Wildman–Crippen LogP) is -1.58. The molecule has 0 aromatic heterocycles. The summed E-state index contributed by atoms with van der Waals surface area (Å²) in [4.78, 5) is 34.0. The maximum absolute atomic E-state index is 11.6. The van der Waals surface area contributed by atoms with E-state index < -0.39 is 11.8 Å². The van der Waals surface area contributed by atoms with Crippen molar-refractivity contribution < 1.29 is 19.5 Å². The van der Waals surface area contributed by atoms with Crippen molar-refractivity contribution in [2.45, 2.75) is 0 Å². The van der Waals surface area contributed by atoms with Crippen molar-refractivity contribution in [2.24, 2.45) is 5.73 Å². The van der Waals surface area contributed by atoms with Gasteiger partial charge in [0.25, 0.3) is 5.91 Å². The van der Waals surface area contributed by atoms with E-state index in [0.717, 1.165) is 0 Å². The molecule has 6 N–H and O–H groups in total. The van der Waals surface area contributed by atoms with Gasteiger partial charge in [-0.25, -0.2) is 0 Å². The average Bonchev–Trinajstić information content (AvgIpc) is 2.50. The summed E-state index contributed by atoms with van der Waals surface area (Å²) in [6.45, 7) is -0.299. The van der Waals surface area contributed by atoms with E-state index in [1.807, 2.05) is 0 Å². The van der Waals surface area contributed by atoms with Crippen LogP contribution in [0.5, 0.6) is 0 Å². The Bertz CT molecular complexity index is 501. The molecule has 1 aromatic rings. The van der Waals surface area contributed by atoms with Crippen LogP contribution in [0.2, 0.25) is 0 Å². The van der Waals surface area contributed by atoms with E-state index in [1.54, 1.807) is 24.3 Å². The molecule has 0 unspecified atom stereocenters. The average molecular weight is 294 g/mol. The summed E-state index contributed by atoms with van der Waals surface area (Å²) < 4.78 is 0. The number of benzene rings is 1. The van der Waals surface area contributed by atoms with Gasteiger partial charge in [-0.2, -0.15) is 0 Å². The molecule has 0 spiro atoms. The highest BCUT2D eigenvalue weighted by atomic mass is 16.3. The van der Waals surface area contributed by atoms with Crippen LogP contribution in [0.1, 0.15) is 10.4 Å². The molecule has 0 heterocycles. The first-order chi connectivity index (χ1) is 10.1. The van der Waals surface area contributed by atoms with Crippen molar-refractivity contribution in [2.75, 3.05) is 31.6 Å². The lowest BCUT2D eigenvalue weighted by Crippen LogP contribution is -2.36. The van der Waals surface area contributed by atoms with Crippen molar-refractivity contribution in [3.63, 3.8) is 0 Å². The van der Waals surface area contributed by atoms with E-state index in [1.165, 1.54) is 0 Å². The summed E-state index contributed by atoms with van der Waals surface area (Å²) >= 11 is 0. The number of nitrogens with two attached hydrogens (primary N) is 1. The van der Waals surface area contributed by atoms with Gasteiger partial charge in [-0.3, -0.25) is 14.4 Å². The topological polar surface area (TPSA) is 134 Å². The lowest BCUT2D eigenvalue weighted by molar-refractivity contribution is -0.123. The van der Waals surface area contributed by atoms with Gasteiger partial charge in [-0.15, -0.1) is 0 Å². The van der Waals surface area contributed by atoms with Crippen LogP contribution in [0.4, 0.5) is 5.69 Å². The Kier molecular flexibility index (Phi) is 6.85. The van der Waals surface area contributed by atoms with E-state index in [-0.39, 0.29) is 32.1 Å². The largest absolute Gasteiger partial charge is 0.395 e. The van der Waals surface area contributed by atoms with Gasteiger partial charge < -0.3 is 26.8 Å². The summed E-state index contributed by atoms with van der Waals surface area (Å²) in [5.74, 6) is -1.12. The number of carbonyl (C=O) groups is 3. The number of hydrogen-bond acceptors (Lipinski definition) is 5. The predicted molar refractivity (Wildman–Crippen MR) is 76.6 cm³/mol. The molecule has 114 valence electrons. The summed E-state index contributed by atoms with van der Waals surface area (Å²) in [5, 5.41) is 16.0. The highest BCUT2D eigenvalue weighted by Crippen LogP contribution is 2.09. The fourth-order valence-corrected chi connectivity index (χ4v) is 1.43. The zero-order valence-corrected chi connectivity index (χ0v) is 11.4. The SMILES string of the molecule is NCC(=O)NCC(=O)Nc1ccc(C(=O)NCCO)cc1. The summed E-state index contributed by atoms with van der Waals surface area (Å²) in [5.41, 5.74) is 6.01. The summed E-state index contributed by atoms with van der Waals surface area (Å²) in [7, 11) is 0. The first-order valence-electron chi connectivity index (χ1n) is 6.32. The van der Waals surface area contributed by atoms with Gasteiger partial charge in [0, 0.05) is 17.8 Å². The molecule has 0 atom stereocenters. The molecular weight excluding hydrogens is 276 g/mol. The van der Waals surface area contributed by atoms with E-state index in [4.69, 9.17) is 10.8 Å². The second kappa shape index (κ2) is 8.67. The van der Waals surface area contributed by atoms with Crippen molar-refractivity contribution in [1.82, 2.24) is 10.6 Å². The van der Waals surface area contributed by atoms with Gasteiger partial charge in [0.1, 0.15) is 0 Å². The van der Waals surface area contributed by atoms with Gasteiger partial charge >= 0.3 is 0 Å². The van der Waals surface area contributed by atoms with Crippen molar-refractivity contribution >= 4 is 23.4 Å². The molecule has 1 rings (SSSR count). The molecule has 8 heteroatoms. The number of aliphatic hydroxyl groups is 1. The molecule has 3 amide bonds. The van der Waals surface area contributed by atoms with Crippen LogP contribution in [0, 0.1) is 0 Å². The Balaban J connectivity index is 2.48. The minimum atomic E-state index is -0.416. The standard InChI is InChI=1S/C13H18N4O4/c14-7-11(19)16-8-12(20)17-10-3-1-9(2-4-10)13(21)15-5-6-18/h1-4,18H,5-8,14H2,(H,15,21)(H,16,19)(H,17,20).